The monoisotopic (exact) mass is 555 g/mol. The Bertz CT molecular complexity index is 1310. The minimum Gasteiger partial charge on any atom is -0.478 e. The van der Waals surface area contributed by atoms with Crippen LogP contribution in [0.1, 0.15) is 91.0 Å². The number of amides is 1. The molecule has 0 radical (unpaired) electrons. The Morgan fingerprint density at radius 2 is 1.87 bits per heavy atom. The molecule has 0 fully saturated rings. The summed E-state index contributed by atoms with van der Waals surface area (Å²) in [5, 5.41) is 20.3. The van der Waals surface area contributed by atoms with Gasteiger partial charge >= 0.3 is 5.97 Å². The van der Waals surface area contributed by atoms with Crippen molar-refractivity contribution in [1.29, 1.82) is 0 Å². The van der Waals surface area contributed by atoms with Crippen molar-refractivity contribution in [3.8, 4) is 11.1 Å². The van der Waals surface area contributed by atoms with Gasteiger partial charge in [0.2, 0.25) is 0 Å². The molecular formula is C30H38FN3O4S. The highest BCUT2D eigenvalue weighted by Gasteiger charge is 2.30. The Balaban J connectivity index is 2.09. The number of aliphatic hydroxyl groups excluding tert-OH is 1. The maximum absolute atomic E-state index is 15.5. The summed E-state index contributed by atoms with van der Waals surface area (Å²) in [6.07, 6.45) is 1.54. The molecule has 0 spiro atoms. The molecule has 0 aliphatic rings. The van der Waals surface area contributed by atoms with E-state index in [1.165, 1.54) is 12.1 Å². The second kappa shape index (κ2) is 13.8. The fraction of sp³-hybridized carbons (Fsp3) is 0.433. The maximum atomic E-state index is 15.5. The van der Waals surface area contributed by atoms with Crippen LogP contribution in [0.3, 0.4) is 0 Å². The first-order valence-electron chi connectivity index (χ1n) is 13.4. The van der Waals surface area contributed by atoms with Gasteiger partial charge in [0.15, 0.2) is 0 Å². The number of carbonyl (C=O) groups is 2. The van der Waals surface area contributed by atoms with Gasteiger partial charge in [-0.1, -0.05) is 58.0 Å². The quantitative estimate of drug-likeness (QED) is 0.172. The summed E-state index contributed by atoms with van der Waals surface area (Å²) in [7, 11) is 0. The Kier molecular flexibility index (Phi) is 10.7. The number of halogens is 1. The highest BCUT2D eigenvalue weighted by Crippen LogP contribution is 2.29. The Hall–Kier alpha value is -3.17. The van der Waals surface area contributed by atoms with Crippen molar-refractivity contribution in [2.24, 2.45) is 5.92 Å². The number of thiol groups is 1. The Morgan fingerprint density at radius 3 is 2.46 bits per heavy atom. The number of benzene rings is 2. The van der Waals surface area contributed by atoms with E-state index < -0.39 is 17.9 Å². The van der Waals surface area contributed by atoms with Gasteiger partial charge in [-0.3, -0.25) is 4.79 Å². The van der Waals surface area contributed by atoms with Crippen LogP contribution in [0, 0.1) is 11.7 Å². The van der Waals surface area contributed by atoms with Gasteiger partial charge in [-0.15, -0.1) is 0 Å². The molecule has 9 heteroatoms. The van der Waals surface area contributed by atoms with E-state index in [0.717, 1.165) is 12.8 Å². The van der Waals surface area contributed by atoms with E-state index in [1.54, 1.807) is 39.8 Å². The molecule has 0 saturated carbocycles. The lowest BCUT2D eigenvalue weighted by Crippen LogP contribution is -2.34. The zero-order valence-corrected chi connectivity index (χ0v) is 23.9. The average molecular weight is 556 g/mol. The third-order valence-electron chi connectivity index (χ3n) is 6.74. The first kappa shape index (κ1) is 30.4. The molecule has 1 heterocycles. The van der Waals surface area contributed by atoms with Gasteiger partial charge in [0.25, 0.3) is 5.91 Å². The van der Waals surface area contributed by atoms with E-state index >= 15 is 4.39 Å². The zero-order valence-electron chi connectivity index (χ0n) is 23.0. The van der Waals surface area contributed by atoms with E-state index in [1.807, 2.05) is 13.8 Å². The summed E-state index contributed by atoms with van der Waals surface area (Å²) in [6.45, 7) is 8.52. The van der Waals surface area contributed by atoms with Crippen LogP contribution in [0.15, 0.2) is 42.5 Å². The van der Waals surface area contributed by atoms with Crippen molar-refractivity contribution in [3.63, 3.8) is 0 Å². The molecule has 3 rings (SSSR count). The number of nitrogens with zero attached hydrogens (tertiary/aromatic N) is 3. The molecular weight excluding hydrogens is 517 g/mol. The van der Waals surface area contributed by atoms with Gasteiger partial charge in [-0.2, -0.15) is 12.6 Å². The number of aromatic nitrogens is 2. The smallest absolute Gasteiger partial charge is 0.336 e. The van der Waals surface area contributed by atoms with E-state index in [9.17, 15) is 19.8 Å². The van der Waals surface area contributed by atoms with E-state index in [4.69, 9.17) is 0 Å². The van der Waals surface area contributed by atoms with Crippen LogP contribution in [-0.4, -0.2) is 49.0 Å². The van der Waals surface area contributed by atoms with Gasteiger partial charge in [-0.05, 0) is 48.4 Å². The lowest BCUT2D eigenvalue weighted by atomic mass is 9.98. The Labute approximate surface area is 235 Å². The molecule has 0 aliphatic carbocycles. The van der Waals surface area contributed by atoms with E-state index in [2.05, 4.69) is 31.5 Å². The second-order valence-electron chi connectivity index (χ2n) is 10.1. The van der Waals surface area contributed by atoms with Crippen molar-refractivity contribution in [2.75, 3.05) is 12.4 Å². The van der Waals surface area contributed by atoms with Crippen LogP contribution in [0.5, 0.6) is 0 Å². The average Bonchev–Trinajstić information content (AvgIpc) is 3.27. The fourth-order valence-corrected chi connectivity index (χ4v) is 4.76. The molecule has 1 unspecified atom stereocenters. The minimum atomic E-state index is -1.09. The van der Waals surface area contributed by atoms with Crippen molar-refractivity contribution in [1.82, 2.24) is 14.5 Å². The summed E-state index contributed by atoms with van der Waals surface area (Å²) in [6, 6.07) is 11.1. The number of carboxylic acid groups (broad SMARTS) is 1. The molecule has 1 aromatic heterocycles. The number of carboxylic acids is 1. The number of aryl methyl sites for hydroxylation is 1. The number of carbonyl (C=O) groups excluding carboxylic acids is 1. The topological polar surface area (TPSA) is 95.7 Å². The molecule has 0 aliphatic heterocycles. The van der Waals surface area contributed by atoms with Gasteiger partial charge in [-0.25, -0.2) is 14.2 Å². The summed E-state index contributed by atoms with van der Waals surface area (Å²) >= 11 is 4.39. The summed E-state index contributed by atoms with van der Waals surface area (Å²) in [4.78, 5) is 31.8. The molecule has 0 saturated heterocycles. The fourth-order valence-electron chi connectivity index (χ4n) is 4.49. The SMILES string of the molecule is CCCc1nc(C(O)CC)c(C(=O)N(CS)CCC(C)C)n1Cc1ccc(-c2ccccc2C(=O)O)cc1F. The molecule has 0 bridgehead atoms. The van der Waals surface area contributed by atoms with Gasteiger partial charge in [0.05, 0.1) is 24.1 Å². The lowest BCUT2D eigenvalue weighted by molar-refractivity contribution is 0.0696. The molecule has 2 aromatic carbocycles. The number of aromatic carboxylic acids is 1. The molecule has 2 N–H and O–H groups in total. The largest absolute Gasteiger partial charge is 0.478 e. The van der Waals surface area contributed by atoms with E-state index in [-0.39, 0.29) is 29.6 Å². The first-order chi connectivity index (χ1) is 18.6. The summed E-state index contributed by atoms with van der Waals surface area (Å²) < 4.78 is 17.2. The summed E-state index contributed by atoms with van der Waals surface area (Å²) in [5.74, 6) is -0.713. The number of hydrogen-bond acceptors (Lipinski definition) is 5. The van der Waals surface area contributed by atoms with Crippen molar-refractivity contribution in [2.45, 2.75) is 66.0 Å². The minimum absolute atomic E-state index is 0.0388. The van der Waals surface area contributed by atoms with Crippen LogP contribution in [0.4, 0.5) is 4.39 Å². The number of rotatable bonds is 13. The molecule has 7 nitrogen and oxygen atoms in total. The first-order valence-corrected chi connectivity index (χ1v) is 14.0. The van der Waals surface area contributed by atoms with Gasteiger partial charge in [0, 0.05) is 18.5 Å². The third-order valence-corrected chi connectivity index (χ3v) is 7.08. The van der Waals surface area contributed by atoms with E-state index in [0.29, 0.717) is 53.5 Å². The van der Waals surface area contributed by atoms with Gasteiger partial charge < -0.3 is 19.7 Å². The maximum Gasteiger partial charge on any atom is 0.336 e. The lowest BCUT2D eigenvalue weighted by Gasteiger charge is -2.23. The van der Waals surface area contributed by atoms with Crippen LogP contribution in [-0.2, 0) is 13.0 Å². The molecule has 210 valence electrons. The predicted molar refractivity (Wildman–Crippen MR) is 154 cm³/mol. The number of hydrogen-bond donors (Lipinski definition) is 3. The predicted octanol–water partition coefficient (Wildman–Crippen LogP) is 6.21. The van der Waals surface area contributed by atoms with Crippen LogP contribution in [0.2, 0.25) is 0 Å². The van der Waals surface area contributed by atoms with Crippen LogP contribution in [0.25, 0.3) is 11.1 Å². The zero-order chi connectivity index (χ0) is 28.7. The number of aliphatic hydroxyl groups is 1. The van der Waals surface area contributed by atoms with Crippen molar-refractivity contribution in [3.05, 3.63) is 76.6 Å². The van der Waals surface area contributed by atoms with Crippen LogP contribution >= 0.6 is 12.6 Å². The number of imidazole rings is 1. The molecule has 1 atom stereocenters. The molecule has 1 amide bonds. The molecule has 39 heavy (non-hydrogen) atoms. The highest BCUT2D eigenvalue weighted by molar-refractivity contribution is 7.80. The van der Waals surface area contributed by atoms with Crippen LogP contribution < -0.4 is 0 Å². The standard InChI is InChI=1S/C30H38FN3O4S/c1-5-9-26-32-27(25(35)6-2)28(29(36)33(18-39)15-14-19(3)4)34(26)17-21-13-12-20(16-24(21)31)22-10-7-8-11-23(22)30(37)38/h7-8,10-13,16,19,25,35,39H,5-6,9,14-15,17-18H2,1-4H3,(H,37,38). The van der Waals surface area contributed by atoms with Crippen molar-refractivity contribution < 1.29 is 24.2 Å². The van der Waals surface area contributed by atoms with Gasteiger partial charge in [0.1, 0.15) is 23.0 Å². The summed E-state index contributed by atoms with van der Waals surface area (Å²) in [5.41, 5.74) is 1.84. The normalized spacial score (nSPS) is 12.1. The second-order valence-corrected chi connectivity index (χ2v) is 10.4. The Morgan fingerprint density at radius 1 is 1.15 bits per heavy atom. The van der Waals surface area contributed by atoms with Crippen molar-refractivity contribution >= 4 is 24.5 Å². The molecule has 3 aromatic rings. The third kappa shape index (κ3) is 7.08. The highest BCUT2D eigenvalue weighted by atomic mass is 32.1.